The summed E-state index contributed by atoms with van der Waals surface area (Å²) in [6.07, 6.45) is 3.31. The summed E-state index contributed by atoms with van der Waals surface area (Å²) in [6.45, 7) is 0. The number of methoxy groups -OCH3 is 1. The number of aromatic nitrogens is 3. The Morgan fingerprint density at radius 1 is 1.07 bits per heavy atom. The first-order chi connectivity index (χ1) is 13.1. The molecule has 3 aromatic heterocycles. The van der Waals surface area contributed by atoms with E-state index in [0.717, 1.165) is 15.8 Å². The van der Waals surface area contributed by atoms with Gasteiger partial charge in [0, 0.05) is 28.8 Å². The van der Waals surface area contributed by atoms with Crippen LogP contribution in [0.25, 0.3) is 21.5 Å². The van der Waals surface area contributed by atoms with E-state index in [1.807, 2.05) is 18.2 Å². The Morgan fingerprint density at radius 2 is 1.93 bits per heavy atom. The van der Waals surface area contributed by atoms with Gasteiger partial charge in [0.2, 0.25) is 5.95 Å². The van der Waals surface area contributed by atoms with E-state index in [1.165, 1.54) is 11.3 Å². The third-order valence-electron chi connectivity index (χ3n) is 3.87. The predicted molar refractivity (Wildman–Crippen MR) is 104 cm³/mol. The average Bonchev–Trinajstić information content (AvgIpc) is 3.12. The van der Waals surface area contributed by atoms with Crippen LogP contribution in [0.5, 0.6) is 5.75 Å². The maximum absolute atomic E-state index is 11.1. The smallest absolute Gasteiger partial charge is 0.345 e. The predicted octanol–water partition coefficient (Wildman–Crippen LogP) is 4.20. The van der Waals surface area contributed by atoms with E-state index < -0.39 is 5.97 Å². The summed E-state index contributed by atoms with van der Waals surface area (Å²) < 4.78 is 6.13. The molecule has 0 unspecified atom stereocenters. The Labute approximate surface area is 158 Å². The minimum atomic E-state index is -0.924. The third kappa shape index (κ3) is 3.56. The van der Waals surface area contributed by atoms with Crippen LogP contribution in [0.2, 0.25) is 0 Å². The van der Waals surface area contributed by atoms with Crippen molar-refractivity contribution >= 4 is 39.0 Å². The van der Waals surface area contributed by atoms with Crippen molar-refractivity contribution in [3.05, 3.63) is 59.7 Å². The van der Waals surface area contributed by atoms with Crippen molar-refractivity contribution in [2.24, 2.45) is 0 Å². The summed E-state index contributed by atoms with van der Waals surface area (Å²) >= 11 is 1.24. The average molecular weight is 378 g/mol. The number of thiophene rings is 1. The molecule has 7 nitrogen and oxygen atoms in total. The van der Waals surface area contributed by atoms with Gasteiger partial charge in [-0.2, -0.15) is 0 Å². The zero-order valence-corrected chi connectivity index (χ0v) is 15.0. The lowest BCUT2D eigenvalue weighted by atomic mass is 10.2. The number of anilines is 2. The fourth-order valence-electron chi connectivity index (χ4n) is 2.60. The Morgan fingerprint density at radius 3 is 2.74 bits per heavy atom. The topological polar surface area (TPSA) is 97.2 Å². The molecule has 4 rings (SSSR count). The van der Waals surface area contributed by atoms with E-state index in [9.17, 15) is 4.79 Å². The molecule has 0 radical (unpaired) electrons. The normalized spacial score (nSPS) is 10.7. The van der Waals surface area contributed by atoms with Gasteiger partial charge in [-0.25, -0.2) is 14.8 Å². The van der Waals surface area contributed by atoms with Gasteiger partial charge in [0.25, 0.3) is 0 Å². The zero-order valence-electron chi connectivity index (χ0n) is 14.2. The SMILES string of the molecule is COc1ccnc(-c2ccnc(Nc3ccc4sc(C(=O)O)cc4c3)n2)c1. The summed E-state index contributed by atoms with van der Waals surface area (Å²) in [6, 6.07) is 12.6. The Bertz CT molecular complexity index is 1140. The molecule has 2 N–H and O–H groups in total. The molecule has 8 heteroatoms. The summed E-state index contributed by atoms with van der Waals surface area (Å²) in [4.78, 5) is 24.5. The number of carboxylic acids is 1. The number of aromatic carboxylic acids is 1. The van der Waals surface area contributed by atoms with Crippen LogP contribution in [0.4, 0.5) is 11.6 Å². The van der Waals surface area contributed by atoms with Crippen LogP contribution in [-0.2, 0) is 0 Å². The molecule has 0 aliphatic rings. The van der Waals surface area contributed by atoms with Crippen LogP contribution in [0, 0.1) is 0 Å². The van der Waals surface area contributed by atoms with Gasteiger partial charge in [-0.1, -0.05) is 0 Å². The molecule has 3 heterocycles. The van der Waals surface area contributed by atoms with E-state index in [2.05, 4.69) is 20.3 Å². The molecule has 0 amide bonds. The molecule has 0 fully saturated rings. The first kappa shape index (κ1) is 16.9. The minimum absolute atomic E-state index is 0.310. The van der Waals surface area contributed by atoms with Crippen molar-refractivity contribution in [1.82, 2.24) is 15.0 Å². The maximum atomic E-state index is 11.1. The quantitative estimate of drug-likeness (QED) is 0.537. The molecule has 0 aliphatic carbocycles. The maximum Gasteiger partial charge on any atom is 0.345 e. The highest BCUT2D eigenvalue weighted by molar-refractivity contribution is 7.20. The number of pyridine rings is 1. The molecular formula is C19H14N4O3S. The van der Waals surface area contributed by atoms with Crippen molar-refractivity contribution in [2.45, 2.75) is 0 Å². The van der Waals surface area contributed by atoms with Crippen LogP contribution in [0.3, 0.4) is 0 Å². The second-order valence-electron chi connectivity index (χ2n) is 5.64. The lowest BCUT2D eigenvalue weighted by molar-refractivity contribution is 0.0702. The van der Waals surface area contributed by atoms with Gasteiger partial charge in [0.1, 0.15) is 10.6 Å². The van der Waals surface area contributed by atoms with Crippen LogP contribution in [0.1, 0.15) is 9.67 Å². The second-order valence-corrected chi connectivity index (χ2v) is 6.72. The number of carbonyl (C=O) groups is 1. The van der Waals surface area contributed by atoms with Gasteiger partial charge in [0.15, 0.2) is 0 Å². The molecule has 0 aliphatic heterocycles. The summed E-state index contributed by atoms with van der Waals surface area (Å²) in [5.41, 5.74) is 2.11. The summed E-state index contributed by atoms with van der Waals surface area (Å²) in [5.74, 6) is 0.197. The number of carboxylic acid groups (broad SMARTS) is 1. The van der Waals surface area contributed by atoms with Crippen molar-refractivity contribution < 1.29 is 14.6 Å². The Kier molecular flexibility index (Phi) is 4.39. The van der Waals surface area contributed by atoms with Gasteiger partial charge in [0.05, 0.1) is 18.5 Å². The summed E-state index contributed by atoms with van der Waals surface area (Å²) in [5, 5.41) is 13.1. The van der Waals surface area contributed by atoms with Crippen LogP contribution < -0.4 is 10.1 Å². The number of ether oxygens (including phenoxy) is 1. The van der Waals surface area contributed by atoms with E-state index in [-0.39, 0.29) is 0 Å². The first-order valence-corrected chi connectivity index (χ1v) is 8.81. The molecule has 0 atom stereocenters. The summed E-state index contributed by atoms with van der Waals surface area (Å²) in [7, 11) is 1.60. The number of hydrogen-bond donors (Lipinski definition) is 2. The van der Waals surface area contributed by atoms with Crippen LogP contribution in [-0.4, -0.2) is 33.1 Å². The largest absolute Gasteiger partial charge is 0.497 e. The molecule has 0 spiro atoms. The van der Waals surface area contributed by atoms with E-state index in [1.54, 1.807) is 43.8 Å². The molecule has 1 aromatic carbocycles. The van der Waals surface area contributed by atoms with Crippen LogP contribution >= 0.6 is 11.3 Å². The van der Waals surface area contributed by atoms with E-state index in [4.69, 9.17) is 9.84 Å². The lowest BCUT2D eigenvalue weighted by Gasteiger charge is -2.07. The lowest BCUT2D eigenvalue weighted by Crippen LogP contribution is -1.98. The molecular weight excluding hydrogens is 364 g/mol. The monoisotopic (exact) mass is 378 g/mol. The minimum Gasteiger partial charge on any atom is -0.497 e. The van der Waals surface area contributed by atoms with Gasteiger partial charge >= 0.3 is 5.97 Å². The molecule has 0 bridgehead atoms. The van der Waals surface area contributed by atoms with Crippen molar-refractivity contribution in [1.29, 1.82) is 0 Å². The number of hydrogen-bond acceptors (Lipinski definition) is 7. The van der Waals surface area contributed by atoms with Crippen molar-refractivity contribution in [3.8, 4) is 17.1 Å². The van der Waals surface area contributed by atoms with Crippen molar-refractivity contribution in [3.63, 3.8) is 0 Å². The number of fused-ring (bicyclic) bond motifs is 1. The van der Waals surface area contributed by atoms with Crippen molar-refractivity contribution in [2.75, 3.05) is 12.4 Å². The second kappa shape index (κ2) is 7.00. The fourth-order valence-corrected chi connectivity index (χ4v) is 3.48. The molecule has 0 saturated carbocycles. The number of rotatable bonds is 5. The van der Waals surface area contributed by atoms with E-state index >= 15 is 0 Å². The third-order valence-corrected chi connectivity index (χ3v) is 4.97. The van der Waals surface area contributed by atoms with E-state index in [0.29, 0.717) is 28.0 Å². The molecule has 27 heavy (non-hydrogen) atoms. The standard InChI is InChI=1S/C19H14N4O3S/c1-26-13-4-6-20-15(10-13)14-5-7-21-19(23-14)22-12-2-3-16-11(8-12)9-17(27-16)18(24)25/h2-10H,1H3,(H,24,25)(H,21,22,23). The Hall–Kier alpha value is -3.52. The number of nitrogens with zero attached hydrogens (tertiary/aromatic N) is 3. The van der Waals surface area contributed by atoms with Gasteiger partial charge in [-0.05, 0) is 41.8 Å². The van der Waals surface area contributed by atoms with Gasteiger partial charge in [-0.3, -0.25) is 4.98 Å². The molecule has 0 saturated heterocycles. The molecule has 4 aromatic rings. The molecule has 134 valence electrons. The first-order valence-electron chi connectivity index (χ1n) is 8.00. The van der Waals surface area contributed by atoms with Gasteiger partial charge < -0.3 is 15.2 Å². The van der Waals surface area contributed by atoms with Gasteiger partial charge in [-0.15, -0.1) is 11.3 Å². The number of nitrogens with one attached hydrogen (secondary N) is 1. The Balaban J connectivity index is 1.62. The highest BCUT2D eigenvalue weighted by Crippen LogP contribution is 2.29. The number of benzene rings is 1. The fraction of sp³-hybridized carbons (Fsp3) is 0.0526. The highest BCUT2D eigenvalue weighted by atomic mass is 32.1. The zero-order chi connectivity index (χ0) is 18.8. The highest BCUT2D eigenvalue weighted by Gasteiger charge is 2.10. The van der Waals surface area contributed by atoms with Crippen LogP contribution in [0.15, 0.2) is 54.9 Å².